The summed E-state index contributed by atoms with van der Waals surface area (Å²) in [5.41, 5.74) is 0.594. The highest BCUT2D eigenvalue weighted by molar-refractivity contribution is 5.59. The quantitative estimate of drug-likeness (QED) is 0.595. The number of hydrogen-bond donors (Lipinski definition) is 1. The molecule has 0 amide bonds. The maximum Gasteiger partial charge on any atom is 0.312 e. The van der Waals surface area contributed by atoms with Gasteiger partial charge in [0, 0.05) is 24.8 Å². The van der Waals surface area contributed by atoms with E-state index in [0.29, 0.717) is 0 Å². The second-order valence-corrected chi connectivity index (χ2v) is 3.62. The van der Waals surface area contributed by atoms with Gasteiger partial charge in [-0.05, 0) is 25.0 Å². The molecular weight excluding hydrogens is 196 g/mol. The number of aromatic hydroxyl groups is 1. The van der Waals surface area contributed by atoms with Crippen LogP contribution < -0.4 is 4.90 Å². The fourth-order valence-corrected chi connectivity index (χ4v) is 1.83. The van der Waals surface area contributed by atoms with Gasteiger partial charge in [-0.3, -0.25) is 10.1 Å². The van der Waals surface area contributed by atoms with Crippen LogP contribution in [0.1, 0.15) is 12.8 Å². The van der Waals surface area contributed by atoms with Crippen LogP contribution in [0.4, 0.5) is 11.4 Å². The van der Waals surface area contributed by atoms with Gasteiger partial charge >= 0.3 is 5.69 Å². The summed E-state index contributed by atoms with van der Waals surface area (Å²) in [6, 6.07) is 4.53. The van der Waals surface area contributed by atoms with Gasteiger partial charge in [-0.1, -0.05) is 0 Å². The Bertz CT molecular complexity index is 386. The Kier molecular flexibility index (Phi) is 2.45. The third-order valence-corrected chi connectivity index (χ3v) is 2.63. The van der Waals surface area contributed by atoms with E-state index < -0.39 is 4.92 Å². The zero-order valence-corrected chi connectivity index (χ0v) is 8.22. The van der Waals surface area contributed by atoms with Crippen molar-refractivity contribution in [1.29, 1.82) is 0 Å². The van der Waals surface area contributed by atoms with Gasteiger partial charge in [-0.25, -0.2) is 0 Å². The first-order valence-electron chi connectivity index (χ1n) is 4.91. The zero-order chi connectivity index (χ0) is 10.8. The minimum atomic E-state index is -0.561. The number of nitro groups is 1. The van der Waals surface area contributed by atoms with Crippen molar-refractivity contribution < 1.29 is 10.0 Å². The van der Waals surface area contributed by atoms with Crippen molar-refractivity contribution in [3.05, 3.63) is 28.3 Å². The third-order valence-electron chi connectivity index (χ3n) is 2.63. The molecule has 0 bridgehead atoms. The molecular formula is C10H12N2O3. The molecule has 15 heavy (non-hydrogen) atoms. The van der Waals surface area contributed by atoms with Crippen molar-refractivity contribution >= 4 is 11.4 Å². The van der Waals surface area contributed by atoms with Crippen molar-refractivity contribution in [2.45, 2.75) is 12.8 Å². The average Bonchev–Trinajstić information content (AvgIpc) is 2.71. The number of rotatable bonds is 2. The van der Waals surface area contributed by atoms with Crippen LogP contribution in [0.15, 0.2) is 18.2 Å². The standard InChI is InChI=1S/C10H12N2O3/c13-10-4-3-8(7-9(10)12(14)15)11-5-1-2-6-11/h3-4,7,13H,1-2,5-6H2. The number of nitrogens with zero attached hydrogens (tertiary/aromatic N) is 2. The summed E-state index contributed by atoms with van der Waals surface area (Å²) >= 11 is 0. The molecule has 0 atom stereocenters. The molecule has 0 unspecified atom stereocenters. The maximum absolute atomic E-state index is 10.6. The molecule has 1 heterocycles. The number of nitro benzene ring substituents is 1. The Morgan fingerprint density at radius 3 is 2.60 bits per heavy atom. The van der Waals surface area contributed by atoms with E-state index in [9.17, 15) is 15.2 Å². The SMILES string of the molecule is O=[N+]([O-])c1cc(N2CCCC2)ccc1O. The molecule has 1 fully saturated rings. The summed E-state index contributed by atoms with van der Waals surface area (Å²) in [6.45, 7) is 1.86. The molecule has 1 aromatic rings. The number of benzene rings is 1. The first-order chi connectivity index (χ1) is 7.18. The van der Waals surface area contributed by atoms with Gasteiger partial charge in [0.25, 0.3) is 0 Å². The summed E-state index contributed by atoms with van der Waals surface area (Å²) in [5, 5.41) is 19.9. The normalized spacial score (nSPS) is 15.6. The summed E-state index contributed by atoms with van der Waals surface area (Å²) in [6.07, 6.45) is 2.24. The molecule has 1 aromatic carbocycles. The van der Waals surface area contributed by atoms with E-state index in [-0.39, 0.29) is 11.4 Å². The molecule has 1 aliphatic heterocycles. The Morgan fingerprint density at radius 1 is 1.33 bits per heavy atom. The van der Waals surface area contributed by atoms with Crippen LogP contribution in [-0.4, -0.2) is 23.1 Å². The molecule has 1 N–H and O–H groups in total. The lowest BCUT2D eigenvalue weighted by Crippen LogP contribution is -2.17. The van der Waals surface area contributed by atoms with E-state index in [1.54, 1.807) is 6.07 Å². The predicted molar refractivity (Wildman–Crippen MR) is 56.2 cm³/mol. The van der Waals surface area contributed by atoms with Gasteiger partial charge in [0.1, 0.15) is 0 Å². The lowest BCUT2D eigenvalue weighted by molar-refractivity contribution is -0.385. The van der Waals surface area contributed by atoms with Crippen LogP contribution in [0, 0.1) is 10.1 Å². The number of phenolic OH excluding ortho intramolecular Hbond substituents is 1. The fourth-order valence-electron chi connectivity index (χ4n) is 1.83. The fraction of sp³-hybridized carbons (Fsp3) is 0.400. The van der Waals surface area contributed by atoms with E-state index in [2.05, 4.69) is 4.90 Å². The lowest BCUT2D eigenvalue weighted by Gasteiger charge is -2.17. The lowest BCUT2D eigenvalue weighted by atomic mass is 10.2. The van der Waals surface area contributed by atoms with Gasteiger partial charge in [-0.15, -0.1) is 0 Å². The van der Waals surface area contributed by atoms with Gasteiger partial charge in [0.2, 0.25) is 0 Å². The summed E-state index contributed by atoms with van der Waals surface area (Å²) in [4.78, 5) is 12.1. The first kappa shape index (κ1) is 9.76. The van der Waals surface area contributed by atoms with Crippen LogP contribution in [-0.2, 0) is 0 Å². The van der Waals surface area contributed by atoms with Crippen LogP contribution in [0.2, 0.25) is 0 Å². The molecule has 0 spiro atoms. The second-order valence-electron chi connectivity index (χ2n) is 3.62. The summed E-state index contributed by atoms with van der Waals surface area (Å²) < 4.78 is 0. The van der Waals surface area contributed by atoms with Gasteiger partial charge in [0.05, 0.1) is 4.92 Å². The Labute approximate surface area is 87.1 Å². The van der Waals surface area contributed by atoms with Crippen LogP contribution >= 0.6 is 0 Å². The summed E-state index contributed by atoms with van der Waals surface area (Å²) in [7, 11) is 0. The Hall–Kier alpha value is -1.78. The Balaban J connectivity index is 2.33. The van der Waals surface area contributed by atoms with E-state index in [4.69, 9.17) is 0 Å². The highest BCUT2D eigenvalue weighted by Gasteiger charge is 2.18. The number of hydrogen-bond acceptors (Lipinski definition) is 4. The van der Waals surface area contributed by atoms with Gasteiger partial charge in [-0.2, -0.15) is 0 Å². The van der Waals surface area contributed by atoms with Gasteiger partial charge in [0.15, 0.2) is 5.75 Å². The molecule has 0 aliphatic carbocycles. The minimum absolute atomic E-state index is 0.223. The smallest absolute Gasteiger partial charge is 0.312 e. The average molecular weight is 208 g/mol. The van der Waals surface area contributed by atoms with Gasteiger partial charge < -0.3 is 10.0 Å². The molecule has 0 aromatic heterocycles. The molecule has 5 heteroatoms. The van der Waals surface area contributed by atoms with Crippen molar-refractivity contribution in [2.24, 2.45) is 0 Å². The monoisotopic (exact) mass is 208 g/mol. The minimum Gasteiger partial charge on any atom is -0.502 e. The van der Waals surface area contributed by atoms with E-state index in [1.807, 2.05) is 0 Å². The summed E-state index contributed by atoms with van der Waals surface area (Å²) in [5.74, 6) is -0.275. The van der Waals surface area contributed by atoms with Crippen molar-refractivity contribution in [3.63, 3.8) is 0 Å². The molecule has 1 aliphatic rings. The molecule has 0 saturated carbocycles. The number of phenols is 1. The molecule has 1 saturated heterocycles. The maximum atomic E-state index is 10.6. The third kappa shape index (κ3) is 1.86. The highest BCUT2D eigenvalue weighted by atomic mass is 16.6. The molecule has 5 nitrogen and oxygen atoms in total. The molecule has 2 rings (SSSR count). The molecule has 0 radical (unpaired) electrons. The van der Waals surface area contributed by atoms with Crippen LogP contribution in [0.5, 0.6) is 5.75 Å². The van der Waals surface area contributed by atoms with Crippen LogP contribution in [0.3, 0.4) is 0 Å². The van der Waals surface area contributed by atoms with Crippen LogP contribution in [0.25, 0.3) is 0 Å². The second kappa shape index (κ2) is 3.76. The zero-order valence-electron chi connectivity index (χ0n) is 8.22. The van der Waals surface area contributed by atoms with Crippen molar-refractivity contribution in [1.82, 2.24) is 0 Å². The predicted octanol–water partition coefficient (Wildman–Crippen LogP) is 1.90. The number of anilines is 1. The van der Waals surface area contributed by atoms with E-state index in [0.717, 1.165) is 31.6 Å². The largest absolute Gasteiger partial charge is 0.502 e. The van der Waals surface area contributed by atoms with Crippen molar-refractivity contribution in [2.75, 3.05) is 18.0 Å². The van der Waals surface area contributed by atoms with Crippen molar-refractivity contribution in [3.8, 4) is 5.75 Å². The van der Waals surface area contributed by atoms with E-state index >= 15 is 0 Å². The highest BCUT2D eigenvalue weighted by Crippen LogP contribution is 2.31. The van der Waals surface area contributed by atoms with E-state index in [1.165, 1.54) is 12.1 Å². The Morgan fingerprint density at radius 2 is 2.00 bits per heavy atom. The first-order valence-corrected chi connectivity index (χ1v) is 4.91. The topological polar surface area (TPSA) is 66.6 Å². The molecule has 80 valence electrons.